The maximum absolute atomic E-state index is 10.7. The van der Waals surface area contributed by atoms with Gasteiger partial charge in [0.2, 0.25) is 0 Å². The topological polar surface area (TPSA) is 156 Å². The Morgan fingerprint density at radius 3 is 1.36 bits per heavy atom. The molecule has 2 atom stereocenters. The van der Waals surface area contributed by atoms with Gasteiger partial charge in [0.25, 0.3) is 0 Å². The van der Waals surface area contributed by atoms with E-state index in [2.05, 4.69) is 0 Å². The van der Waals surface area contributed by atoms with Crippen molar-refractivity contribution in [3.05, 3.63) is 0 Å². The summed E-state index contributed by atoms with van der Waals surface area (Å²) in [5.74, 6) is 0. The highest BCUT2D eigenvalue weighted by atomic mass is 31.2. The van der Waals surface area contributed by atoms with Crippen molar-refractivity contribution in [2.75, 3.05) is 0 Å². The molecule has 0 rings (SSSR count). The molecule has 0 aliphatic rings. The highest BCUT2D eigenvalue weighted by molar-refractivity contribution is 7.57. The molecule has 86 valence electrons. The summed E-state index contributed by atoms with van der Waals surface area (Å²) < 4.78 is 21.3. The molecule has 0 aliphatic heterocycles. The van der Waals surface area contributed by atoms with E-state index in [0.717, 1.165) is 6.92 Å². The van der Waals surface area contributed by atoms with Gasteiger partial charge in [-0.15, -0.1) is 0 Å². The molecule has 0 radical (unpaired) electrons. The Morgan fingerprint density at radius 2 is 1.29 bits per heavy atom. The van der Waals surface area contributed by atoms with Gasteiger partial charge in [0.15, 0.2) is 6.29 Å². The molecule has 0 bridgehead atoms. The van der Waals surface area contributed by atoms with Crippen LogP contribution in [0.4, 0.5) is 0 Å². The molecule has 0 aromatic carbocycles. The van der Waals surface area contributed by atoms with Crippen LogP contribution in [0.3, 0.4) is 0 Å². The van der Waals surface area contributed by atoms with E-state index in [0.29, 0.717) is 0 Å². The zero-order valence-electron chi connectivity index (χ0n) is 7.13. The maximum atomic E-state index is 10.7. The second-order valence-corrected chi connectivity index (χ2v) is 6.59. The van der Waals surface area contributed by atoms with Gasteiger partial charge in [-0.3, -0.25) is 9.13 Å². The highest BCUT2D eigenvalue weighted by Gasteiger charge is 2.46. The lowest BCUT2D eigenvalue weighted by molar-refractivity contribution is -0.0468. The van der Waals surface area contributed by atoms with Crippen LogP contribution >= 0.6 is 15.2 Å². The predicted molar refractivity (Wildman–Crippen MR) is 45.6 cm³/mol. The Balaban J connectivity index is 5.06. The average Bonchev–Trinajstić information content (AvgIpc) is 1.79. The van der Waals surface area contributed by atoms with Crippen LogP contribution in [0.25, 0.3) is 0 Å². The minimum absolute atomic E-state index is 0.837. The van der Waals surface area contributed by atoms with Crippen LogP contribution in [0.15, 0.2) is 0 Å². The molecule has 0 fully saturated rings. The maximum Gasteiger partial charge on any atom is 0.334 e. The van der Waals surface area contributed by atoms with Crippen molar-refractivity contribution < 1.29 is 38.9 Å². The summed E-state index contributed by atoms with van der Waals surface area (Å²) in [6.07, 6.45) is -2.49. The fraction of sp³-hybridized carbons (Fsp3) is 1.00. The molecule has 0 aromatic rings. The van der Waals surface area contributed by atoms with Crippen molar-refractivity contribution in [2.45, 2.75) is 24.5 Å². The van der Waals surface area contributed by atoms with Crippen LogP contribution in [0.2, 0.25) is 0 Å². The van der Waals surface area contributed by atoms with E-state index in [1.54, 1.807) is 0 Å². The molecule has 0 amide bonds. The standard InChI is InChI=1S/C4H12O8P2/c1-2(13(7,8)9)3(4(5)6)14(10,11)12/h2-6H,1H3,(H2,7,8,9)(H2,10,11,12). The summed E-state index contributed by atoms with van der Waals surface area (Å²) in [7, 11) is -9.75. The number of rotatable bonds is 4. The SMILES string of the molecule is CC(C(C(O)O)P(=O)(O)O)P(=O)(O)O. The predicted octanol–water partition coefficient (Wildman–Crippen LogP) is -1.59. The fourth-order valence-corrected chi connectivity index (χ4v) is 3.41. The molecule has 0 spiro atoms. The molecular formula is C4H12O8P2. The van der Waals surface area contributed by atoms with Gasteiger partial charge in [0, 0.05) is 0 Å². The summed E-state index contributed by atoms with van der Waals surface area (Å²) in [4.78, 5) is 34.5. The van der Waals surface area contributed by atoms with Gasteiger partial charge >= 0.3 is 15.2 Å². The summed E-state index contributed by atoms with van der Waals surface area (Å²) in [6.45, 7) is 0.837. The van der Waals surface area contributed by atoms with Crippen LogP contribution in [0, 0.1) is 0 Å². The van der Waals surface area contributed by atoms with E-state index in [1.165, 1.54) is 0 Å². The summed E-state index contributed by atoms with van der Waals surface area (Å²) in [5, 5.41) is 17.2. The Kier molecular flexibility index (Phi) is 4.45. The first-order valence-corrected chi connectivity index (χ1v) is 6.81. The third-order valence-electron chi connectivity index (χ3n) is 1.72. The van der Waals surface area contributed by atoms with E-state index in [4.69, 9.17) is 29.8 Å². The van der Waals surface area contributed by atoms with E-state index in [9.17, 15) is 9.13 Å². The second kappa shape index (κ2) is 4.38. The van der Waals surface area contributed by atoms with E-state index >= 15 is 0 Å². The Bertz CT molecular complexity index is 275. The normalized spacial score (nSPS) is 18.3. The summed E-state index contributed by atoms with van der Waals surface area (Å²) >= 11 is 0. The molecule has 0 saturated carbocycles. The Morgan fingerprint density at radius 1 is 0.929 bits per heavy atom. The van der Waals surface area contributed by atoms with Gasteiger partial charge in [0.05, 0.1) is 5.66 Å². The van der Waals surface area contributed by atoms with Crippen molar-refractivity contribution in [3.8, 4) is 0 Å². The molecule has 14 heavy (non-hydrogen) atoms. The average molecular weight is 250 g/mol. The zero-order chi connectivity index (χ0) is 11.7. The van der Waals surface area contributed by atoms with Gasteiger partial charge in [-0.05, 0) is 6.92 Å². The molecule has 8 nitrogen and oxygen atoms in total. The molecule has 0 heterocycles. The molecular weight excluding hydrogens is 238 g/mol. The molecule has 6 N–H and O–H groups in total. The third-order valence-corrected chi connectivity index (χ3v) is 4.83. The quantitative estimate of drug-likeness (QED) is 0.257. The fourth-order valence-electron chi connectivity index (χ4n) is 0.903. The van der Waals surface area contributed by atoms with Crippen LogP contribution in [-0.4, -0.2) is 47.4 Å². The molecule has 10 heteroatoms. The van der Waals surface area contributed by atoms with E-state index < -0.39 is 32.8 Å². The molecule has 2 unspecified atom stereocenters. The van der Waals surface area contributed by atoms with Crippen molar-refractivity contribution >= 4 is 15.2 Å². The first-order chi connectivity index (χ1) is 5.98. The minimum Gasteiger partial charge on any atom is -0.367 e. The zero-order valence-corrected chi connectivity index (χ0v) is 8.92. The smallest absolute Gasteiger partial charge is 0.334 e. The van der Waals surface area contributed by atoms with E-state index in [1.807, 2.05) is 0 Å². The largest absolute Gasteiger partial charge is 0.367 e. The minimum atomic E-state index is -4.98. The lowest BCUT2D eigenvalue weighted by atomic mass is 10.3. The number of aliphatic hydroxyl groups is 2. The van der Waals surface area contributed by atoms with Gasteiger partial charge in [-0.1, -0.05) is 0 Å². The van der Waals surface area contributed by atoms with Gasteiger partial charge in [-0.25, -0.2) is 0 Å². The Labute approximate surface area is 79.5 Å². The van der Waals surface area contributed by atoms with Crippen molar-refractivity contribution in [1.29, 1.82) is 0 Å². The lowest BCUT2D eigenvalue weighted by Crippen LogP contribution is -2.35. The van der Waals surface area contributed by atoms with Crippen LogP contribution in [-0.2, 0) is 9.13 Å². The molecule has 0 aliphatic carbocycles. The first-order valence-electron chi connectivity index (χ1n) is 3.44. The van der Waals surface area contributed by atoms with Crippen LogP contribution < -0.4 is 0 Å². The number of hydrogen-bond donors (Lipinski definition) is 6. The number of aliphatic hydroxyl groups excluding tert-OH is 1. The second-order valence-electron chi connectivity index (χ2n) is 2.82. The van der Waals surface area contributed by atoms with Gasteiger partial charge < -0.3 is 29.8 Å². The first kappa shape index (κ1) is 14.2. The summed E-state index contributed by atoms with van der Waals surface area (Å²) in [6, 6.07) is 0. The van der Waals surface area contributed by atoms with Crippen LogP contribution in [0.1, 0.15) is 6.92 Å². The lowest BCUT2D eigenvalue weighted by Gasteiger charge is -2.26. The van der Waals surface area contributed by atoms with Crippen molar-refractivity contribution in [1.82, 2.24) is 0 Å². The monoisotopic (exact) mass is 250 g/mol. The van der Waals surface area contributed by atoms with Crippen molar-refractivity contribution in [2.24, 2.45) is 0 Å². The Hall–Kier alpha value is 0.220. The molecule has 0 saturated heterocycles. The molecule has 0 aromatic heterocycles. The van der Waals surface area contributed by atoms with Crippen molar-refractivity contribution in [3.63, 3.8) is 0 Å². The third kappa shape index (κ3) is 3.76. The van der Waals surface area contributed by atoms with E-state index in [-0.39, 0.29) is 0 Å². The van der Waals surface area contributed by atoms with Crippen LogP contribution in [0.5, 0.6) is 0 Å². The van der Waals surface area contributed by atoms with Gasteiger partial charge in [-0.2, -0.15) is 0 Å². The summed E-state index contributed by atoms with van der Waals surface area (Å²) in [5.41, 5.74) is -4.02. The number of hydrogen-bond acceptors (Lipinski definition) is 4. The van der Waals surface area contributed by atoms with Gasteiger partial charge in [0.1, 0.15) is 5.66 Å². The highest BCUT2D eigenvalue weighted by Crippen LogP contribution is 2.54.